The van der Waals surface area contributed by atoms with Gasteiger partial charge < -0.3 is 9.64 Å². The number of amides is 1. The minimum atomic E-state index is -0.524. The number of rotatable bonds is 5. The molecule has 1 fully saturated rings. The number of hydrogen-bond acceptors (Lipinski definition) is 4. The second-order valence-electron chi connectivity index (χ2n) is 7.35. The van der Waals surface area contributed by atoms with Crippen molar-refractivity contribution in [1.82, 2.24) is 20.1 Å². The lowest BCUT2D eigenvalue weighted by Crippen LogP contribution is -2.41. The zero-order valence-electron chi connectivity index (χ0n) is 16.6. The van der Waals surface area contributed by atoms with E-state index in [1.165, 1.54) is 18.2 Å². The molecule has 0 aliphatic carbocycles. The van der Waals surface area contributed by atoms with E-state index in [9.17, 15) is 9.18 Å². The van der Waals surface area contributed by atoms with Gasteiger partial charge in [0.15, 0.2) is 6.61 Å². The molecule has 1 saturated heterocycles. The number of benzene rings is 1. The summed E-state index contributed by atoms with van der Waals surface area (Å²) in [6.45, 7) is 2.51. The van der Waals surface area contributed by atoms with Crippen LogP contribution in [0.2, 0.25) is 5.02 Å². The Morgan fingerprint density at radius 2 is 2.17 bits per heavy atom. The van der Waals surface area contributed by atoms with Crippen LogP contribution in [-0.2, 0) is 4.79 Å². The van der Waals surface area contributed by atoms with Gasteiger partial charge in [-0.15, -0.1) is 0 Å². The third-order valence-electron chi connectivity index (χ3n) is 5.39. The Hall–Kier alpha value is -2.93. The lowest BCUT2D eigenvalue weighted by Gasteiger charge is -2.35. The summed E-state index contributed by atoms with van der Waals surface area (Å²) in [5.74, 6) is -0.297. The average molecular weight is 429 g/mol. The molecule has 1 unspecified atom stereocenters. The summed E-state index contributed by atoms with van der Waals surface area (Å²) in [6.07, 6.45) is 8.17. The molecule has 1 atom stereocenters. The molecule has 6 nitrogen and oxygen atoms in total. The summed E-state index contributed by atoms with van der Waals surface area (Å²) in [5.41, 5.74) is 3.99. The second-order valence-corrected chi connectivity index (χ2v) is 7.76. The van der Waals surface area contributed by atoms with Crippen molar-refractivity contribution in [3.63, 3.8) is 0 Å². The molecule has 0 spiro atoms. The van der Waals surface area contributed by atoms with Crippen molar-refractivity contribution in [2.75, 3.05) is 13.2 Å². The molecule has 1 N–H and O–H groups in total. The number of carbonyl (C=O) groups excluding carboxylic acids is 1. The molecule has 156 valence electrons. The monoisotopic (exact) mass is 428 g/mol. The maximum Gasteiger partial charge on any atom is 0.261 e. The van der Waals surface area contributed by atoms with E-state index in [4.69, 9.17) is 16.3 Å². The van der Waals surface area contributed by atoms with Gasteiger partial charge in [-0.2, -0.15) is 5.10 Å². The zero-order valence-corrected chi connectivity index (χ0v) is 17.3. The second kappa shape index (κ2) is 8.83. The SMILES string of the molecule is Cc1cnccc1-c1cn[nH]c1C1CCCCN1C(=O)COc1ccc(F)c(Cl)c1. The maximum atomic E-state index is 13.3. The summed E-state index contributed by atoms with van der Waals surface area (Å²) in [6, 6.07) is 5.90. The van der Waals surface area contributed by atoms with E-state index in [-0.39, 0.29) is 23.6 Å². The highest BCUT2D eigenvalue weighted by Gasteiger charge is 2.31. The van der Waals surface area contributed by atoms with Crippen molar-refractivity contribution >= 4 is 17.5 Å². The van der Waals surface area contributed by atoms with Crippen molar-refractivity contribution in [1.29, 1.82) is 0 Å². The Labute approximate surface area is 179 Å². The summed E-state index contributed by atoms with van der Waals surface area (Å²) in [5, 5.41) is 7.33. The van der Waals surface area contributed by atoms with Crippen LogP contribution in [0.3, 0.4) is 0 Å². The molecule has 1 aromatic carbocycles. The molecule has 1 amide bonds. The molecular weight excluding hydrogens is 407 g/mol. The third-order valence-corrected chi connectivity index (χ3v) is 5.68. The van der Waals surface area contributed by atoms with Crippen LogP contribution < -0.4 is 4.74 Å². The molecule has 4 rings (SSSR count). The van der Waals surface area contributed by atoms with Gasteiger partial charge in [0.2, 0.25) is 0 Å². The van der Waals surface area contributed by atoms with E-state index in [1.54, 1.807) is 12.4 Å². The summed E-state index contributed by atoms with van der Waals surface area (Å²) in [7, 11) is 0. The Balaban J connectivity index is 1.54. The summed E-state index contributed by atoms with van der Waals surface area (Å²) < 4.78 is 18.9. The lowest BCUT2D eigenvalue weighted by atomic mass is 9.93. The van der Waals surface area contributed by atoms with Crippen LogP contribution in [0.4, 0.5) is 4.39 Å². The summed E-state index contributed by atoms with van der Waals surface area (Å²) >= 11 is 5.79. The van der Waals surface area contributed by atoms with Crippen molar-refractivity contribution in [3.8, 4) is 16.9 Å². The first-order valence-corrected chi connectivity index (χ1v) is 10.2. The van der Waals surface area contributed by atoms with E-state index in [1.807, 2.05) is 24.1 Å². The summed E-state index contributed by atoms with van der Waals surface area (Å²) in [4.78, 5) is 19.0. The minimum absolute atomic E-state index is 0.0365. The van der Waals surface area contributed by atoms with Gasteiger partial charge in [0.25, 0.3) is 5.91 Å². The maximum absolute atomic E-state index is 13.3. The first-order chi connectivity index (χ1) is 14.5. The fourth-order valence-electron chi connectivity index (χ4n) is 3.87. The zero-order chi connectivity index (χ0) is 21.1. The molecule has 8 heteroatoms. The van der Waals surface area contributed by atoms with Crippen LogP contribution in [0.25, 0.3) is 11.1 Å². The van der Waals surface area contributed by atoms with Gasteiger partial charge in [-0.3, -0.25) is 14.9 Å². The fraction of sp³-hybridized carbons (Fsp3) is 0.318. The van der Waals surface area contributed by atoms with Crippen LogP contribution in [0.5, 0.6) is 5.75 Å². The van der Waals surface area contributed by atoms with E-state index in [0.29, 0.717) is 12.3 Å². The molecule has 2 aromatic heterocycles. The van der Waals surface area contributed by atoms with Crippen LogP contribution in [-0.4, -0.2) is 39.1 Å². The number of aryl methyl sites for hydroxylation is 1. The Bertz CT molecular complexity index is 1060. The Morgan fingerprint density at radius 3 is 2.97 bits per heavy atom. The number of aromatic nitrogens is 3. The van der Waals surface area contributed by atoms with Crippen molar-refractivity contribution in [2.45, 2.75) is 32.2 Å². The number of aromatic amines is 1. The van der Waals surface area contributed by atoms with Crippen molar-refractivity contribution in [3.05, 3.63) is 65.0 Å². The fourth-order valence-corrected chi connectivity index (χ4v) is 4.04. The number of halogens is 2. The number of piperidine rings is 1. The van der Waals surface area contributed by atoms with Gasteiger partial charge in [-0.05, 0) is 55.5 Å². The van der Waals surface area contributed by atoms with Gasteiger partial charge in [0.1, 0.15) is 11.6 Å². The number of carbonyl (C=O) groups is 1. The van der Waals surface area contributed by atoms with Gasteiger partial charge in [-0.25, -0.2) is 4.39 Å². The van der Waals surface area contributed by atoms with E-state index >= 15 is 0 Å². The normalized spacial score (nSPS) is 16.5. The topological polar surface area (TPSA) is 71.1 Å². The molecule has 3 aromatic rings. The van der Waals surface area contributed by atoms with Crippen molar-refractivity contribution in [2.24, 2.45) is 0 Å². The highest BCUT2D eigenvalue weighted by Crippen LogP contribution is 2.36. The first-order valence-electron chi connectivity index (χ1n) is 9.86. The Morgan fingerprint density at radius 1 is 1.30 bits per heavy atom. The van der Waals surface area contributed by atoms with Crippen LogP contribution in [0.1, 0.15) is 36.6 Å². The van der Waals surface area contributed by atoms with Gasteiger partial charge >= 0.3 is 0 Å². The average Bonchev–Trinajstić information content (AvgIpc) is 3.24. The number of hydrogen-bond donors (Lipinski definition) is 1. The van der Waals surface area contributed by atoms with Crippen LogP contribution in [0.15, 0.2) is 42.9 Å². The number of H-pyrrole nitrogens is 1. The molecule has 1 aliphatic rings. The molecule has 3 heterocycles. The molecule has 0 bridgehead atoms. The highest BCUT2D eigenvalue weighted by atomic mass is 35.5. The van der Waals surface area contributed by atoms with Gasteiger partial charge in [0.05, 0.1) is 23.0 Å². The molecule has 0 saturated carbocycles. The molecule has 30 heavy (non-hydrogen) atoms. The number of ether oxygens (including phenoxy) is 1. The van der Waals surface area contributed by atoms with E-state index < -0.39 is 5.82 Å². The predicted octanol–water partition coefficient (Wildman–Crippen LogP) is 4.71. The van der Waals surface area contributed by atoms with Crippen molar-refractivity contribution < 1.29 is 13.9 Å². The minimum Gasteiger partial charge on any atom is -0.484 e. The van der Waals surface area contributed by atoms with Gasteiger partial charge in [0, 0.05) is 30.6 Å². The third kappa shape index (κ3) is 4.16. The first kappa shape index (κ1) is 20.3. The van der Waals surface area contributed by atoms with E-state index in [2.05, 4.69) is 15.2 Å². The molecular formula is C22H22ClFN4O2. The smallest absolute Gasteiger partial charge is 0.261 e. The number of pyridine rings is 1. The quantitative estimate of drug-likeness (QED) is 0.639. The van der Waals surface area contributed by atoms with Crippen LogP contribution >= 0.6 is 11.6 Å². The Kier molecular flexibility index (Phi) is 5.99. The largest absolute Gasteiger partial charge is 0.484 e. The van der Waals surface area contributed by atoms with E-state index in [0.717, 1.165) is 41.6 Å². The van der Waals surface area contributed by atoms with Gasteiger partial charge in [-0.1, -0.05) is 11.6 Å². The number of likely N-dealkylation sites (tertiary alicyclic amines) is 1. The molecule has 1 aliphatic heterocycles. The number of nitrogens with zero attached hydrogens (tertiary/aromatic N) is 3. The number of nitrogens with one attached hydrogen (secondary N) is 1. The molecule has 0 radical (unpaired) electrons. The lowest BCUT2D eigenvalue weighted by molar-refractivity contribution is -0.137. The predicted molar refractivity (Wildman–Crippen MR) is 112 cm³/mol. The highest BCUT2D eigenvalue weighted by molar-refractivity contribution is 6.30. The van der Waals surface area contributed by atoms with Crippen LogP contribution in [0, 0.1) is 12.7 Å². The standard InChI is InChI=1S/C22H22ClFN4O2/c1-14-11-25-8-7-16(14)17-12-26-27-22(17)20-4-2-3-9-28(20)21(29)13-30-15-5-6-19(24)18(23)10-15/h5-8,10-12,20H,2-4,9,13H2,1H3,(H,26,27).